The highest BCUT2D eigenvalue weighted by molar-refractivity contribution is 7.93. The Balaban J connectivity index is 2.27. The van der Waals surface area contributed by atoms with Gasteiger partial charge in [0, 0.05) is 17.4 Å². The van der Waals surface area contributed by atoms with Crippen LogP contribution in [0.25, 0.3) is 0 Å². The van der Waals surface area contributed by atoms with Gasteiger partial charge < -0.3 is 10.3 Å². The summed E-state index contributed by atoms with van der Waals surface area (Å²) in [5.41, 5.74) is -2.30. The first kappa shape index (κ1) is 27.4. The average Bonchev–Trinajstić information content (AvgIpc) is 3.32. The number of rotatable bonds is 6. The minimum absolute atomic E-state index is 0.166. The van der Waals surface area contributed by atoms with Crippen LogP contribution in [0.2, 0.25) is 0 Å². The third kappa shape index (κ3) is 5.99. The Morgan fingerprint density at radius 2 is 1.51 bits per heavy atom. The van der Waals surface area contributed by atoms with Crippen molar-refractivity contribution in [2.24, 2.45) is 0 Å². The molecule has 3 rings (SSSR count). The molecule has 0 bridgehead atoms. The van der Waals surface area contributed by atoms with Gasteiger partial charge in [-0.1, -0.05) is 17.7 Å². The SMILES string of the molecule is Cc1ccc(S(=O)(=O)N(C(=O)C(F)(F)F)c2cc(NC(=O)C(F)(F)F)cc(C(=O)c3ccc[nH]3)c2)cc1. The number of nitrogens with one attached hydrogen (secondary N) is 2. The third-order valence-corrected chi connectivity index (χ3v) is 6.48. The maximum Gasteiger partial charge on any atom is 0.472 e. The Morgan fingerprint density at radius 1 is 0.892 bits per heavy atom. The van der Waals surface area contributed by atoms with Crippen molar-refractivity contribution in [3.05, 3.63) is 77.6 Å². The summed E-state index contributed by atoms with van der Waals surface area (Å²) in [6.07, 6.45) is -9.90. The van der Waals surface area contributed by atoms with Crippen molar-refractivity contribution in [3.8, 4) is 0 Å². The van der Waals surface area contributed by atoms with E-state index in [1.54, 1.807) is 6.92 Å². The van der Waals surface area contributed by atoms with E-state index in [4.69, 9.17) is 0 Å². The fourth-order valence-electron chi connectivity index (χ4n) is 3.06. The van der Waals surface area contributed by atoms with E-state index in [9.17, 15) is 49.1 Å². The highest BCUT2D eigenvalue weighted by Gasteiger charge is 2.48. The summed E-state index contributed by atoms with van der Waals surface area (Å²) in [5, 5.41) is 1.35. The summed E-state index contributed by atoms with van der Waals surface area (Å²) in [5.74, 6) is -6.45. The molecule has 0 unspecified atom stereocenters. The van der Waals surface area contributed by atoms with Gasteiger partial charge in [-0.2, -0.15) is 30.6 Å². The number of benzene rings is 2. The van der Waals surface area contributed by atoms with E-state index in [2.05, 4.69) is 4.98 Å². The zero-order valence-corrected chi connectivity index (χ0v) is 19.3. The first-order valence-corrected chi connectivity index (χ1v) is 11.4. The predicted octanol–water partition coefficient (Wildman–Crippen LogP) is 4.34. The van der Waals surface area contributed by atoms with Gasteiger partial charge >= 0.3 is 24.2 Å². The van der Waals surface area contributed by atoms with Crippen molar-refractivity contribution in [1.29, 1.82) is 0 Å². The molecular formula is C22H15F6N3O5S. The first-order valence-electron chi connectivity index (χ1n) is 9.96. The van der Waals surface area contributed by atoms with Crippen molar-refractivity contribution in [3.63, 3.8) is 0 Å². The zero-order chi connectivity index (χ0) is 27.8. The van der Waals surface area contributed by atoms with Crippen LogP contribution in [0, 0.1) is 6.92 Å². The summed E-state index contributed by atoms with van der Waals surface area (Å²) >= 11 is 0. The molecular weight excluding hydrogens is 532 g/mol. The van der Waals surface area contributed by atoms with Crippen LogP contribution in [0.4, 0.5) is 37.7 Å². The molecule has 0 aliphatic carbocycles. The van der Waals surface area contributed by atoms with E-state index in [0.29, 0.717) is 23.8 Å². The second-order valence-electron chi connectivity index (χ2n) is 7.52. The van der Waals surface area contributed by atoms with Crippen molar-refractivity contribution in [1.82, 2.24) is 4.98 Å². The molecule has 8 nitrogen and oxygen atoms in total. The lowest BCUT2D eigenvalue weighted by atomic mass is 10.1. The number of aromatic amines is 1. The number of carbonyl (C=O) groups is 3. The number of carbonyl (C=O) groups excluding carboxylic acids is 3. The molecule has 0 saturated heterocycles. The lowest BCUT2D eigenvalue weighted by Gasteiger charge is -2.25. The second-order valence-corrected chi connectivity index (χ2v) is 9.31. The standard InChI is InChI=1S/C22H15F6N3O5S/c1-12-4-6-16(7-5-12)37(35,36)31(20(34)22(26,27)28)15-10-13(18(32)17-3-2-8-29-17)9-14(11-15)30-19(33)21(23,24)25/h2-11,29H,1H3,(H,30,33). The van der Waals surface area contributed by atoms with Crippen LogP contribution >= 0.6 is 0 Å². The van der Waals surface area contributed by atoms with Crippen LogP contribution in [0.5, 0.6) is 0 Å². The molecule has 2 amide bonds. The fourth-order valence-corrected chi connectivity index (χ4v) is 4.45. The minimum atomic E-state index is -5.76. The molecule has 0 aliphatic heterocycles. The van der Waals surface area contributed by atoms with Gasteiger partial charge in [0.15, 0.2) is 0 Å². The van der Waals surface area contributed by atoms with Crippen LogP contribution in [0.1, 0.15) is 21.6 Å². The van der Waals surface area contributed by atoms with E-state index in [-0.39, 0.29) is 5.69 Å². The number of aryl methyl sites for hydroxylation is 1. The number of nitrogens with zero attached hydrogens (tertiary/aromatic N) is 1. The van der Waals surface area contributed by atoms with Crippen molar-refractivity contribution in [2.45, 2.75) is 24.2 Å². The smallest absolute Gasteiger partial charge is 0.359 e. The number of aromatic nitrogens is 1. The molecule has 0 aliphatic rings. The summed E-state index contributed by atoms with van der Waals surface area (Å²) in [4.78, 5) is 38.3. The minimum Gasteiger partial charge on any atom is -0.359 e. The number of hydrogen-bond acceptors (Lipinski definition) is 5. The van der Waals surface area contributed by atoms with Gasteiger partial charge in [0.25, 0.3) is 10.0 Å². The van der Waals surface area contributed by atoms with E-state index in [0.717, 1.165) is 12.1 Å². The molecule has 0 radical (unpaired) electrons. The normalized spacial score (nSPS) is 12.2. The van der Waals surface area contributed by atoms with Crippen molar-refractivity contribution >= 4 is 39.0 Å². The summed E-state index contributed by atoms with van der Waals surface area (Å²) in [7, 11) is -5.31. The van der Waals surface area contributed by atoms with Crippen LogP contribution in [-0.4, -0.2) is 43.4 Å². The highest BCUT2D eigenvalue weighted by Crippen LogP contribution is 2.33. The number of H-pyrrole nitrogens is 1. The van der Waals surface area contributed by atoms with E-state index < -0.39 is 66.1 Å². The van der Waals surface area contributed by atoms with Gasteiger partial charge in [0.05, 0.1) is 16.3 Å². The van der Waals surface area contributed by atoms with Gasteiger partial charge in [0.2, 0.25) is 5.78 Å². The molecule has 2 N–H and O–H groups in total. The average molecular weight is 547 g/mol. The lowest BCUT2D eigenvalue weighted by molar-refractivity contribution is -0.169. The molecule has 0 spiro atoms. The Kier molecular flexibility index (Phi) is 7.21. The van der Waals surface area contributed by atoms with E-state index in [1.807, 2.05) is 0 Å². The van der Waals surface area contributed by atoms with Crippen LogP contribution in [0.15, 0.2) is 65.7 Å². The highest BCUT2D eigenvalue weighted by atomic mass is 32.2. The molecule has 37 heavy (non-hydrogen) atoms. The van der Waals surface area contributed by atoms with Gasteiger partial charge in [0.1, 0.15) is 0 Å². The maximum atomic E-state index is 13.5. The maximum absolute atomic E-state index is 13.5. The van der Waals surface area contributed by atoms with Crippen LogP contribution in [0.3, 0.4) is 0 Å². The van der Waals surface area contributed by atoms with Gasteiger partial charge in [-0.15, -0.1) is 0 Å². The van der Waals surface area contributed by atoms with E-state index in [1.165, 1.54) is 35.8 Å². The predicted molar refractivity (Wildman–Crippen MR) is 117 cm³/mol. The Labute approximate surface area is 204 Å². The second kappa shape index (κ2) is 9.72. The number of hydrogen-bond donors (Lipinski definition) is 2. The Hall–Kier alpha value is -4.14. The molecule has 2 aromatic carbocycles. The molecule has 0 saturated carbocycles. The van der Waals surface area contributed by atoms with Gasteiger partial charge in [-0.25, -0.2) is 8.42 Å². The number of ketones is 1. The summed E-state index contributed by atoms with van der Waals surface area (Å²) in [6, 6.07) is 8.56. The van der Waals surface area contributed by atoms with Gasteiger partial charge in [-0.3, -0.25) is 14.4 Å². The largest absolute Gasteiger partial charge is 0.472 e. The summed E-state index contributed by atoms with van der Waals surface area (Å²) in [6.45, 7) is 1.56. The zero-order valence-electron chi connectivity index (χ0n) is 18.4. The monoisotopic (exact) mass is 547 g/mol. The molecule has 0 fully saturated rings. The topological polar surface area (TPSA) is 116 Å². The quantitative estimate of drug-likeness (QED) is 0.352. The lowest BCUT2D eigenvalue weighted by Crippen LogP contribution is -2.45. The van der Waals surface area contributed by atoms with Crippen LogP contribution < -0.4 is 9.62 Å². The fraction of sp³-hybridized carbons (Fsp3) is 0.136. The van der Waals surface area contributed by atoms with Gasteiger partial charge in [-0.05, 0) is 49.4 Å². The Bertz CT molecular complexity index is 1450. The molecule has 1 aromatic heterocycles. The first-order chi connectivity index (χ1) is 17.0. The number of sulfonamides is 1. The number of halogens is 6. The molecule has 196 valence electrons. The molecule has 3 aromatic rings. The molecule has 0 atom stereocenters. The van der Waals surface area contributed by atoms with Crippen LogP contribution in [-0.2, 0) is 19.6 Å². The Morgan fingerprint density at radius 3 is 2.03 bits per heavy atom. The van der Waals surface area contributed by atoms with E-state index >= 15 is 0 Å². The van der Waals surface area contributed by atoms with Crippen molar-refractivity contribution in [2.75, 3.05) is 9.62 Å². The molecule has 1 heterocycles. The number of anilines is 2. The summed E-state index contributed by atoms with van der Waals surface area (Å²) < 4.78 is 105. The molecule has 15 heteroatoms. The number of alkyl halides is 6. The third-order valence-electron chi connectivity index (χ3n) is 4.76. The number of amides is 2. The van der Waals surface area contributed by atoms with Crippen molar-refractivity contribution < 1.29 is 49.1 Å².